The molecule has 1 aromatic heterocycles. The summed E-state index contributed by atoms with van der Waals surface area (Å²) in [5, 5.41) is 0. The molecule has 77 valence electrons. The zero-order chi connectivity index (χ0) is 10.1. The average molecular weight is 266 g/mol. The topological polar surface area (TPSA) is 38.9 Å². The predicted molar refractivity (Wildman–Crippen MR) is 53.9 cm³/mol. The fourth-order valence-electron chi connectivity index (χ4n) is 0.991. The van der Waals surface area contributed by atoms with Crippen molar-refractivity contribution >= 4 is 24.8 Å². The van der Waals surface area contributed by atoms with Crippen molar-refractivity contribution in [3.8, 4) is 0 Å². The maximum atomic E-state index is 5.92. The van der Waals surface area contributed by atoms with E-state index >= 15 is 0 Å². The van der Waals surface area contributed by atoms with Crippen molar-refractivity contribution in [1.29, 1.82) is 0 Å². The van der Waals surface area contributed by atoms with Gasteiger partial charge in [0, 0.05) is 0 Å². The van der Waals surface area contributed by atoms with Crippen molar-refractivity contribution < 1.29 is 11.0 Å². The maximum absolute atomic E-state index is 5.92. The molecule has 0 aliphatic heterocycles. The molecule has 0 atom stereocenters. The summed E-state index contributed by atoms with van der Waals surface area (Å²) < 4.78 is 0.784. The third-order valence-corrected chi connectivity index (χ3v) is 3.86. The van der Waals surface area contributed by atoms with E-state index in [0.29, 0.717) is 0 Å². The second-order valence-electron chi connectivity index (χ2n) is 2.92. The Labute approximate surface area is 89.3 Å². The molecule has 0 saturated heterocycles. The van der Waals surface area contributed by atoms with E-state index in [9.17, 15) is 0 Å². The van der Waals surface area contributed by atoms with Gasteiger partial charge in [-0.3, -0.25) is 0 Å². The van der Waals surface area contributed by atoms with Crippen LogP contribution in [0.25, 0.3) is 0 Å². The van der Waals surface area contributed by atoms with Crippen molar-refractivity contribution in [3.05, 3.63) is 24.0 Å². The summed E-state index contributed by atoms with van der Waals surface area (Å²) in [6, 6.07) is 3.64. The van der Waals surface area contributed by atoms with Crippen molar-refractivity contribution in [3.63, 3.8) is 0 Å². The molecule has 0 radical (unpaired) electrons. The fourth-order valence-corrected chi connectivity index (χ4v) is 2.92. The van der Waals surface area contributed by atoms with Gasteiger partial charge in [-0.25, -0.2) is 0 Å². The van der Waals surface area contributed by atoms with E-state index in [1.807, 2.05) is 19.9 Å². The van der Waals surface area contributed by atoms with Crippen LogP contribution in [0.4, 0.5) is 0 Å². The van der Waals surface area contributed by atoms with Crippen LogP contribution in [0.2, 0.25) is 0 Å². The van der Waals surface area contributed by atoms with Gasteiger partial charge in [-0.15, -0.1) is 0 Å². The molecule has 1 aromatic rings. The van der Waals surface area contributed by atoms with Crippen LogP contribution in [0.3, 0.4) is 0 Å². The molecule has 2 N–H and O–H groups in total. The van der Waals surface area contributed by atoms with Gasteiger partial charge in [0.15, 0.2) is 0 Å². The fraction of sp³-hybridized carbons (Fsp3) is 0.375. The van der Waals surface area contributed by atoms with E-state index in [2.05, 4.69) is 4.98 Å². The van der Waals surface area contributed by atoms with Gasteiger partial charge in [-0.05, 0) is 0 Å². The summed E-state index contributed by atoms with van der Waals surface area (Å²) in [6.45, 7) is 4.07. The molecular formula is C8H12Cl2CoN2. The molecule has 0 aliphatic rings. The Morgan fingerprint density at radius 3 is 2.46 bits per heavy atom. The van der Waals surface area contributed by atoms with E-state index in [1.54, 1.807) is 12.3 Å². The number of hydrogen-bond acceptors (Lipinski definition) is 2. The Morgan fingerprint density at radius 1 is 1.46 bits per heavy atom. The first kappa shape index (κ1) is 11.3. The van der Waals surface area contributed by atoms with Gasteiger partial charge in [0.05, 0.1) is 0 Å². The summed E-state index contributed by atoms with van der Waals surface area (Å²) in [6.07, 6.45) is 1.72. The van der Waals surface area contributed by atoms with Crippen LogP contribution in [-0.2, 0) is 11.0 Å². The minimum atomic E-state index is -2.46. The van der Waals surface area contributed by atoms with Gasteiger partial charge in [-0.1, -0.05) is 0 Å². The Balaban J connectivity index is 3.20. The van der Waals surface area contributed by atoms with Crippen LogP contribution >= 0.6 is 20.3 Å². The SMILES string of the molecule is CC(C)c1nccc[c]1[Co]([NH2])([Cl])[Cl]. The number of nitrogens with two attached hydrogens (primary N) is 1. The first-order chi connectivity index (χ1) is 5.93. The van der Waals surface area contributed by atoms with Crippen molar-refractivity contribution in [1.82, 2.24) is 4.98 Å². The molecule has 1 heterocycles. The number of nitrogens with zero attached hydrogens (tertiary/aromatic N) is 1. The summed E-state index contributed by atoms with van der Waals surface area (Å²) >= 11 is -2.46. The zero-order valence-electron chi connectivity index (χ0n) is 7.42. The molecule has 5 heteroatoms. The summed E-state index contributed by atoms with van der Waals surface area (Å²) in [5.74, 6) is 0.288. The molecular weight excluding hydrogens is 254 g/mol. The van der Waals surface area contributed by atoms with E-state index in [4.69, 9.17) is 25.1 Å². The summed E-state index contributed by atoms with van der Waals surface area (Å²) in [5.41, 5.74) is 0.891. The average Bonchev–Trinajstić information content (AvgIpc) is 2.03. The standard InChI is InChI=1S/C8H10N.2ClH.Co.H2N/c1-7(2)8-5-3-4-6-9-8;;;;/h3-4,6-7H,1-2H3;2*1H;;1H2/q;;;+3;-1/p-2. The Hall–Kier alpha value is 0.196. The Kier molecular flexibility index (Phi) is 3.60. The minimum absolute atomic E-state index is 0.288. The predicted octanol–water partition coefficient (Wildman–Crippen LogP) is 2.17. The van der Waals surface area contributed by atoms with Gasteiger partial charge in [0.25, 0.3) is 0 Å². The van der Waals surface area contributed by atoms with Gasteiger partial charge < -0.3 is 0 Å². The molecule has 0 spiro atoms. The Morgan fingerprint density at radius 2 is 2.08 bits per heavy atom. The zero-order valence-corrected chi connectivity index (χ0v) is 9.98. The third kappa shape index (κ3) is 2.82. The van der Waals surface area contributed by atoms with Gasteiger partial charge in [-0.2, -0.15) is 0 Å². The van der Waals surface area contributed by atoms with Crippen LogP contribution in [0.15, 0.2) is 18.3 Å². The third-order valence-electron chi connectivity index (χ3n) is 1.55. The number of aromatic nitrogens is 1. The van der Waals surface area contributed by atoms with Crippen LogP contribution < -0.4 is 9.28 Å². The number of halogens is 2. The molecule has 0 aromatic carbocycles. The van der Waals surface area contributed by atoms with E-state index in [0.717, 1.165) is 10.2 Å². The van der Waals surface area contributed by atoms with E-state index in [1.165, 1.54) is 0 Å². The first-order valence-corrected chi connectivity index (χ1v) is 7.73. The molecule has 0 fully saturated rings. The van der Waals surface area contributed by atoms with Crippen LogP contribution in [0.5, 0.6) is 0 Å². The van der Waals surface area contributed by atoms with Crippen LogP contribution in [-0.4, -0.2) is 4.98 Å². The summed E-state index contributed by atoms with van der Waals surface area (Å²) in [4.78, 5) is 9.92. The molecule has 2 nitrogen and oxygen atoms in total. The second kappa shape index (κ2) is 4.15. The molecule has 1 rings (SSSR count). The first-order valence-electron chi connectivity index (χ1n) is 3.74. The van der Waals surface area contributed by atoms with Crippen LogP contribution in [0.1, 0.15) is 25.5 Å². The molecule has 0 saturated carbocycles. The monoisotopic (exact) mass is 265 g/mol. The van der Waals surface area contributed by atoms with E-state index < -0.39 is 11.0 Å². The van der Waals surface area contributed by atoms with Crippen molar-refractivity contribution in [2.24, 2.45) is 4.78 Å². The molecule has 0 unspecified atom stereocenters. The molecule has 0 amide bonds. The van der Waals surface area contributed by atoms with Gasteiger partial charge >= 0.3 is 89.4 Å². The van der Waals surface area contributed by atoms with Crippen molar-refractivity contribution in [2.45, 2.75) is 19.8 Å². The van der Waals surface area contributed by atoms with Gasteiger partial charge in [0.2, 0.25) is 0 Å². The number of hydrogen-bond donors (Lipinski definition) is 1. The van der Waals surface area contributed by atoms with Crippen molar-refractivity contribution in [2.75, 3.05) is 0 Å². The molecule has 13 heavy (non-hydrogen) atoms. The quantitative estimate of drug-likeness (QED) is 0.890. The number of pyridine rings is 1. The van der Waals surface area contributed by atoms with Crippen LogP contribution in [0, 0.1) is 0 Å². The number of rotatable bonds is 2. The summed E-state index contributed by atoms with van der Waals surface area (Å²) in [7, 11) is 11.8. The Bertz CT molecular complexity index is 296. The normalized spacial score (nSPS) is 13.4. The van der Waals surface area contributed by atoms with E-state index in [-0.39, 0.29) is 5.92 Å². The van der Waals surface area contributed by atoms with Gasteiger partial charge in [0.1, 0.15) is 0 Å². The molecule has 0 bridgehead atoms. The second-order valence-corrected chi connectivity index (χ2v) is 8.58. The molecule has 0 aliphatic carbocycles.